The van der Waals surface area contributed by atoms with E-state index in [9.17, 15) is 9.59 Å². The fourth-order valence-corrected chi connectivity index (χ4v) is 3.70. The minimum Gasteiger partial charge on any atom is -0.423 e. The Bertz CT molecular complexity index is 1520. The van der Waals surface area contributed by atoms with Gasteiger partial charge in [0.25, 0.3) is 0 Å². The summed E-state index contributed by atoms with van der Waals surface area (Å²) in [6.07, 6.45) is 12.3. The maximum Gasteiger partial charge on any atom is 0.338 e. The van der Waals surface area contributed by atoms with Crippen molar-refractivity contribution in [3.8, 4) is 11.5 Å². The fraction of sp³-hybridized carbons (Fsp3) is 0.0526. The van der Waals surface area contributed by atoms with Crippen molar-refractivity contribution in [1.29, 1.82) is 0 Å². The van der Waals surface area contributed by atoms with Gasteiger partial charge in [0.1, 0.15) is 11.5 Å². The molecule has 4 aromatic carbocycles. The first-order chi connectivity index (χ1) is 20.2. The van der Waals surface area contributed by atoms with Gasteiger partial charge in [-0.3, -0.25) is 0 Å². The van der Waals surface area contributed by atoms with Crippen LogP contribution in [0.15, 0.2) is 121 Å². The van der Waals surface area contributed by atoms with Crippen molar-refractivity contribution in [2.24, 2.45) is 0 Å². The molecule has 0 aliphatic carbocycles. The van der Waals surface area contributed by atoms with Crippen LogP contribution in [0.25, 0.3) is 36.5 Å². The first-order valence-electron chi connectivity index (χ1n) is 13.4. The lowest BCUT2D eigenvalue weighted by atomic mass is 10.1. The summed E-state index contributed by atoms with van der Waals surface area (Å²) in [5.41, 5.74) is 7.14. The molecule has 0 spiro atoms. The topological polar surface area (TPSA) is 52.6 Å². The van der Waals surface area contributed by atoms with E-state index in [-0.39, 0.29) is 0 Å². The SMILES string of the molecule is C=C(C)C(=O)Oc1ccc(/C=C/c2ccc(/C=C/c3ccc(/C=C/c4ccc(OC(=O)C(=C)C)cc4)cc3)cc2)cc1. The number of carbonyl (C=O) groups is 2. The van der Waals surface area contributed by atoms with Gasteiger partial charge in [-0.05, 0) is 71.5 Å². The number of carbonyl (C=O) groups excluding carboxylic acids is 2. The van der Waals surface area contributed by atoms with Crippen LogP contribution in [0.1, 0.15) is 47.2 Å². The van der Waals surface area contributed by atoms with E-state index in [0.717, 1.165) is 33.4 Å². The average Bonchev–Trinajstić information content (AvgIpc) is 3.00. The van der Waals surface area contributed by atoms with Crippen molar-refractivity contribution in [2.45, 2.75) is 13.8 Å². The van der Waals surface area contributed by atoms with Crippen molar-refractivity contribution in [1.82, 2.24) is 0 Å². The van der Waals surface area contributed by atoms with Crippen LogP contribution in [0.5, 0.6) is 11.5 Å². The van der Waals surface area contributed by atoms with Gasteiger partial charge in [0, 0.05) is 11.1 Å². The number of hydrogen-bond donors (Lipinski definition) is 0. The summed E-state index contributed by atoms with van der Waals surface area (Å²) in [6.45, 7) is 10.4. The van der Waals surface area contributed by atoms with Crippen molar-refractivity contribution in [3.63, 3.8) is 0 Å². The van der Waals surface area contributed by atoms with Crippen LogP contribution >= 0.6 is 0 Å². The highest BCUT2D eigenvalue weighted by Gasteiger charge is 2.05. The molecule has 0 fully saturated rings. The number of ether oxygens (including phenoxy) is 2. The minimum absolute atomic E-state index is 0.366. The molecule has 0 radical (unpaired) electrons. The van der Waals surface area contributed by atoms with Gasteiger partial charge in [-0.2, -0.15) is 0 Å². The number of esters is 2. The Hall–Kier alpha value is -5.48. The van der Waals surface area contributed by atoms with E-state index in [1.165, 1.54) is 0 Å². The highest BCUT2D eigenvalue weighted by Crippen LogP contribution is 2.18. The third-order valence-electron chi connectivity index (χ3n) is 6.16. The fourth-order valence-electron chi connectivity index (χ4n) is 3.70. The van der Waals surface area contributed by atoms with Crippen molar-refractivity contribution < 1.29 is 19.1 Å². The molecule has 0 aromatic heterocycles. The quantitative estimate of drug-likeness (QED) is 0.0852. The van der Waals surface area contributed by atoms with Crippen LogP contribution in [-0.2, 0) is 9.59 Å². The van der Waals surface area contributed by atoms with E-state index in [2.05, 4.69) is 73.8 Å². The summed E-state index contributed by atoms with van der Waals surface area (Å²) < 4.78 is 10.5. The predicted octanol–water partition coefficient (Wildman–Crippen LogP) is 9.16. The van der Waals surface area contributed by atoms with Gasteiger partial charge in [0.15, 0.2) is 0 Å². The maximum absolute atomic E-state index is 11.6. The molecule has 4 rings (SSSR count). The number of hydrogen-bond acceptors (Lipinski definition) is 4. The molecule has 0 bridgehead atoms. The molecule has 0 N–H and O–H groups in total. The summed E-state index contributed by atoms with van der Waals surface area (Å²) in [5, 5.41) is 0. The second-order valence-electron chi connectivity index (χ2n) is 9.81. The molecule has 0 unspecified atom stereocenters. The molecule has 0 aliphatic heterocycles. The highest BCUT2D eigenvalue weighted by molar-refractivity contribution is 5.89. The molecule has 0 aliphatic rings. The monoisotopic (exact) mass is 552 g/mol. The van der Waals surface area contributed by atoms with E-state index in [1.807, 2.05) is 48.6 Å². The molecule has 208 valence electrons. The Morgan fingerprint density at radius 2 is 0.619 bits per heavy atom. The van der Waals surface area contributed by atoms with Crippen LogP contribution in [-0.4, -0.2) is 11.9 Å². The normalized spacial score (nSPS) is 11.2. The zero-order chi connectivity index (χ0) is 29.9. The molecule has 4 aromatic rings. The van der Waals surface area contributed by atoms with Gasteiger partial charge < -0.3 is 9.47 Å². The lowest BCUT2D eigenvalue weighted by Crippen LogP contribution is -2.07. The van der Waals surface area contributed by atoms with Crippen molar-refractivity contribution in [2.75, 3.05) is 0 Å². The first kappa shape index (κ1) is 29.5. The van der Waals surface area contributed by atoms with E-state index in [4.69, 9.17) is 9.47 Å². The summed E-state index contributed by atoms with van der Waals surface area (Å²) in [5.74, 6) is 0.134. The van der Waals surface area contributed by atoms with E-state index < -0.39 is 11.9 Å². The van der Waals surface area contributed by atoms with Gasteiger partial charge in [-0.15, -0.1) is 0 Å². The van der Waals surface area contributed by atoms with Gasteiger partial charge in [-0.25, -0.2) is 9.59 Å². The zero-order valence-corrected chi connectivity index (χ0v) is 23.7. The predicted molar refractivity (Wildman–Crippen MR) is 173 cm³/mol. The van der Waals surface area contributed by atoms with E-state index in [1.54, 1.807) is 38.1 Å². The number of benzene rings is 4. The molecular formula is C38H32O4. The van der Waals surface area contributed by atoms with Crippen LogP contribution < -0.4 is 9.47 Å². The Morgan fingerprint density at radius 1 is 0.429 bits per heavy atom. The maximum atomic E-state index is 11.6. The molecule has 4 nitrogen and oxygen atoms in total. The minimum atomic E-state index is -0.428. The standard InChI is InChI=1S/C38H32O4/c1-27(2)37(39)41-35-23-19-33(20-24-35)17-15-31-11-7-29(8-12-31)5-6-30-9-13-32(14-10-30)16-18-34-21-25-36(26-22-34)42-38(40)28(3)4/h5-26H,1,3H2,2,4H3/b6-5+,17-15+,18-16+. The second-order valence-corrected chi connectivity index (χ2v) is 9.81. The Kier molecular flexibility index (Phi) is 10.0. The van der Waals surface area contributed by atoms with Gasteiger partial charge in [-0.1, -0.05) is 122 Å². The summed E-state index contributed by atoms with van der Waals surface area (Å²) >= 11 is 0. The van der Waals surface area contributed by atoms with Crippen molar-refractivity contribution >= 4 is 48.4 Å². The largest absolute Gasteiger partial charge is 0.423 e. The molecule has 0 saturated carbocycles. The molecule has 42 heavy (non-hydrogen) atoms. The Morgan fingerprint density at radius 3 is 0.810 bits per heavy atom. The lowest BCUT2D eigenvalue weighted by molar-refractivity contribution is -0.130. The smallest absolute Gasteiger partial charge is 0.338 e. The molecule has 0 amide bonds. The molecule has 0 atom stereocenters. The zero-order valence-electron chi connectivity index (χ0n) is 23.7. The lowest BCUT2D eigenvalue weighted by Gasteiger charge is -2.03. The van der Waals surface area contributed by atoms with E-state index >= 15 is 0 Å². The van der Waals surface area contributed by atoms with Crippen LogP contribution in [0.4, 0.5) is 0 Å². The second kappa shape index (κ2) is 14.2. The van der Waals surface area contributed by atoms with Crippen molar-refractivity contribution in [3.05, 3.63) is 155 Å². The summed E-state index contributed by atoms with van der Waals surface area (Å²) in [6, 6.07) is 31.3. The highest BCUT2D eigenvalue weighted by atomic mass is 16.5. The first-order valence-corrected chi connectivity index (χ1v) is 13.4. The molecular weight excluding hydrogens is 520 g/mol. The third-order valence-corrected chi connectivity index (χ3v) is 6.16. The summed E-state index contributed by atoms with van der Waals surface area (Å²) in [4.78, 5) is 23.3. The summed E-state index contributed by atoms with van der Waals surface area (Å²) in [7, 11) is 0. The molecule has 4 heteroatoms. The van der Waals surface area contributed by atoms with Gasteiger partial charge in [0.2, 0.25) is 0 Å². The van der Waals surface area contributed by atoms with Gasteiger partial charge in [0.05, 0.1) is 0 Å². The third kappa shape index (κ3) is 9.04. The molecule has 0 saturated heterocycles. The van der Waals surface area contributed by atoms with Gasteiger partial charge >= 0.3 is 11.9 Å². The van der Waals surface area contributed by atoms with Crippen LogP contribution in [0.2, 0.25) is 0 Å². The number of rotatable bonds is 10. The van der Waals surface area contributed by atoms with E-state index in [0.29, 0.717) is 22.6 Å². The average molecular weight is 553 g/mol. The Labute approximate surface area is 247 Å². The Balaban J connectivity index is 1.28. The van der Waals surface area contributed by atoms with Crippen LogP contribution in [0, 0.1) is 0 Å². The molecule has 0 heterocycles. The van der Waals surface area contributed by atoms with Crippen LogP contribution in [0.3, 0.4) is 0 Å².